The summed E-state index contributed by atoms with van der Waals surface area (Å²) >= 11 is 0. The zero-order valence-corrected chi connectivity index (χ0v) is 13.4. The van der Waals surface area contributed by atoms with Gasteiger partial charge in [-0.25, -0.2) is 13.2 Å². The predicted octanol–water partition coefficient (Wildman–Crippen LogP) is 1.84. The number of hydrogen-bond donors (Lipinski definition) is 0. The zero-order chi connectivity index (χ0) is 15.5. The van der Waals surface area contributed by atoms with Crippen LogP contribution in [0.2, 0.25) is 0 Å². The molecule has 0 aromatic carbocycles. The number of carbonyl (C=O) groups is 1. The monoisotopic (exact) mass is 314 g/mol. The van der Waals surface area contributed by atoms with Crippen LogP contribution in [0.1, 0.15) is 55.1 Å². The third-order valence-corrected chi connectivity index (χ3v) is 6.12. The predicted molar refractivity (Wildman–Crippen MR) is 78.7 cm³/mol. The Bertz CT molecular complexity index is 600. The molecule has 1 aromatic heterocycles. The van der Waals surface area contributed by atoms with E-state index >= 15 is 0 Å². The summed E-state index contributed by atoms with van der Waals surface area (Å²) < 4.78 is 31.5. The minimum Gasteiger partial charge on any atom is -0.462 e. The average molecular weight is 314 g/mol. The van der Waals surface area contributed by atoms with Gasteiger partial charge >= 0.3 is 5.97 Å². The van der Waals surface area contributed by atoms with Gasteiger partial charge in [0.05, 0.1) is 29.5 Å². The van der Waals surface area contributed by atoms with Gasteiger partial charge in [0.25, 0.3) is 0 Å². The van der Waals surface area contributed by atoms with E-state index in [4.69, 9.17) is 4.74 Å². The number of rotatable bonds is 5. The van der Waals surface area contributed by atoms with Gasteiger partial charge in [-0.15, -0.1) is 0 Å². The normalized spacial score (nSPS) is 16.9. The Balaban J connectivity index is 2.22. The molecule has 0 atom stereocenters. The molecule has 1 fully saturated rings. The highest BCUT2D eigenvalue weighted by Crippen LogP contribution is 2.27. The maximum absolute atomic E-state index is 12.5. The highest BCUT2D eigenvalue weighted by atomic mass is 32.2. The van der Waals surface area contributed by atoms with Crippen molar-refractivity contribution in [2.45, 2.75) is 50.0 Å². The van der Waals surface area contributed by atoms with Gasteiger partial charge in [0.15, 0.2) is 9.84 Å². The molecule has 0 unspecified atom stereocenters. The van der Waals surface area contributed by atoms with E-state index in [1.165, 1.54) is 10.9 Å². The molecule has 0 aliphatic heterocycles. The first-order valence-corrected chi connectivity index (χ1v) is 9.06. The fourth-order valence-electron chi connectivity index (χ4n) is 2.75. The minimum absolute atomic E-state index is 0.150. The number of ether oxygens (including phenoxy) is 1. The van der Waals surface area contributed by atoms with Crippen molar-refractivity contribution in [3.8, 4) is 0 Å². The third kappa shape index (κ3) is 3.64. The van der Waals surface area contributed by atoms with Gasteiger partial charge in [0.2, 0.25) is 0 Å². The molecule has 1 aliphatic rings. The van der Waals surface area contributed by atoms with Gasteiger partial charge in [-0.05, 0) is 19.8 Å². The van der Waals surface area contributed by atoms with E-state index in [-0.39, 0.29) is 23.2 Å². The highest BCUT2D eigenvalue weighted by molar-refractivity contribution is 7.91. The molecule has 1 saturated carbocycles. The van der Waals surface area contributed by atoms with E-state index in [0.717, 1.165) is 32.1 Å². The number of hydrogen-bond acceptors (Lipinski definition) is 5. The quantitative estimate of drug-likeness (QED) is 0.775. The first kappa shape index (κ1) is 16.0. The molecule has 118 valence electrons. The van der Waals surface area contributed by atoms with E-state index in [9.17, 15) is 13.2 Å². The topological polar surface area (TPSA) is 78.3 Å². The smallest absolute Gasteiger partial charge is 0.341 e. The Hall–Kier alpha value is -1.37. The Morgan fingerprint density at radius 2 is 2.05 bits per heavy atom. The van der Waals surface area contributed by atoms with Crippen molar-refractivity contribution in [3.05, 3.63) is 17.5 Å². The van der Waals surface area contributed by atoms with Crippen molar-refractivity contribution in [2.75, 3.05) is 6.61 Å². The SMILES string of the molecule is CCOC(=O)c1cnn(C)c1CS(=O)(=O)C1CCCCC1. The summed E-state index contributed by atoms with van der Waals surface area (Å²) in [6.07, 6.45) is 5.83. The number of esters is 1. The van der Waals surface area contributed by atoms with Gasteiger partial charge < -0.3 is 4.74 Å². The second-order valence-corrected chi connectivity index (χ2v) is 7.70. The van der Waals surface area contributed by atoms with Gasteiger partial charge in [0.1, 0.15) is 5.56 Å². The molecule has 6 nitrogen and oxygen atoms in total. The Kier molecular flexibility index (Phi) is 5.03. The molecule has 1 heterocycles. The number of aryl methyl sites for hydroxylation is 1. The second-order valence-electron chi connectivity index (χ2n) is 5.42. The lowest BCUT2D eigenvalue weighted by atomic mass is 10.0. The Morgan fingerprint density at radius 1 is 1.38 bits per heavy atom. The van der Waals surface area contributed by atoms with Crippen LogP contribution in [0.3, 0.4) is 0 Å². The zero-order valence-electron chi connectivity index (χ0n) is 12.5. The van der Waals surface area contributed by atoms with Gasteiger partial charge in [-0.1, -0.05) is 19.3 Å². The van der Waals surface area contributed by atoms with Crippen molar-refractivity contribution in [1.82, 2.24) is 9.78 Å². The van der Waals surface area contributed by atoms with Gasteiger partial charge in [-0.3, -0.25) is 4.68 Å². The molecule has 1 aromatic rings. The summed E-state index contributed by atoms with van der Waals surface area (Å²) in [4.78, 5) is 11.9. The van der Waals surface area contributed by atoms with Crippen molar-refractivity contribution in [1.29, 1.82) is 0 Å². The fourth-order valence-corrected chi connectivity index (χ4v) is 4.76. The summed E-state index contributed by atoms with van der Waals surface area (Å²) in [7, 11) is -1.62. The Morgan fingerprint density at radius 3 is 2.67 bits per heavy atom. The Labute approximate surface area is 125 Å². The third-order valence-electron chi connectivity index (χ3n) is 3.95. The molecular weight excluding hydrogens is 292 g/mol. The standard InChI is InChI=1S/C14H22N2O4S/c1-3-20-14(17)12-9-15-16(2)13(12)10-21(18,19)11-7-5-4-6-8-11/h9,11H,3-8,10H2,1-2H3. The van der Waals surface area contributed by atoms with E-state index in [1.54, 1.807) is 14.0 Å². The molecular formula is C14H22N2O4S. The van der Waals surface area contributed by atoms with Crippen LogP contribution >= 0.6 is 0 Å². The summed E-state index contributed by atoms with van der Waals surface area (Å²) in [5, 5.41) is 3.71. The van der Waals surface area contributed by atoms with E-state index in [1.807, 2.05) is 0 Å². The second kappa shape index (κ2) is 6.60. The van der Waals surface area contributed by atoms with E-state index in [0.29, 0.717) is 5.69 Å². The van der Waals surface area contributed by atoms with E-state index < -0.39 is 15.8 Å². The van der Waals surface area contributed by atoms with Crippen molar-refractivity contribution >= 4 is 15.8 Å². The number of sulfone groups is 1. The lowest BCUT2D eigenvalue weighted by molar-refractivity contribution is 0.0525. The molecule has 7 heteroatoms. The fraction of sp³-hybridized carbons (Fsp3) is 0.714. The lowest BCUT2D eigenvalue weighted by Gasteiger charge is -2.21. The van der Waals surface area contributed by atoms with Crippen molar-refractivity contribution < 1.29 is 17.9 Å². The van der Waals surface area contributed by atoms with E-state index in [2.05, 4.69) is 5.10 Å². The number of aromatic nitrogens is 2. The highest BCUT2D eigenvalue weighted by Gasteiger charge is 2.30. The van der Waals surface area contributed by atoms with Crippen LogP contribution in [0, 0.1) is 0 Å². The van der Waals surface area contributed by atoms with Crippen molar-refractivity contribution in [2.24, 2.45) is 7.05 Å². The molecule has 2 rings (SSSR count). The van der Waals surface area contributed by atoms with Gasteiger partial charge in [0, 0.05) is 7.05 Å². The minimum atomic E-state index is -3.27. The molecule has 0 N–H and O–H groups in total. The molecule has 21 heavy (non-hydrogen) atoms. The number of nitrogens with zero attached hydrogens (tertiary/aromatic N) is 2. The maximum Gasteiger partial charge on any atom is 0.341 e. The molecule has 1 aliphatic carbocycles. The summed E-state index contributed by atoms with van der Waals surface area (Å²) in [5.41, 5.74) is 0.665. The van der Waals surface area contributed by atoms with Crippen LogP contribution in [0.25, 0.3) is 0 Å². The summed E-state index contributed by atoms with van der Waals surface area (Å²) in [5.74, 6) is -0.665. The molecule has 0 spiro atoms. The molecule has 0 radical (unpaired) electrons. The molecule has 0 amide bonds. The summed E-state index contributed by atoms with van der Waals surface area (Å²) in [6, 6.07) is 0. The summed E-state index contributed by atoms with van der Waals surface area (Å²) in [6.45, 7) is 1.97. The van der Waals surface area contributed by atoms with Crippen LogP contribution < -0.4 is 0 Å². The first-order chi connectivity index (χ1) is 9.95. The largest absolute Gasteiger partial charge is 0.462 e. The maximum atomic E-state index is 12.5. The van der Waals surface area contributed by atoms with Crippen LogP contribution in [0.4, 0.5) is 0 Å². The van der Waals surface area contributed by atoms with Crippen LogP contribution in [0.15, 0.2) is 6.20 Å². The average Bonchev–Trinajstić information content (AvgIpc) is 2.81. The molecule has 0 bridgehead atoms. The van der Waals surface area contributed by atoms with Crippen LogP contribution in [-0.2, 0) is 27.4 Å². The van der Waals surface area contributed by atoms with Crippen molar-refractivity contribution in [3.63, 3.8) is 0 Å². The van der Waals surface area contributed by atoms with Crippen LogP contribution in [-0.4, -0.2) is 36.0 Å². The van der Waals surface area contributed by atoms with Gasteiger partial charge in [-0.2, -0.15) is 5.10 Å². The lowest BCUT2D eigenvalue weighted by Crippen LogP contribution is -2.26. The first-order valence-electron chi connectivity index (χ1n) is 7.35. The molecule has 0 saturated heterocycles. The van der Waals surface area contributed by atoms with Crippen LogP contribution in [0.5, 0.6) is 0 Å². The number of carbonyl (C=O) groups excluding carboxylic acids is 1.